The number of carbonyl (C=O) groups is 1. The maximum absolute atomic E-state index is 12.2. The second-order valence-corrected chi connectivity index (χ2v) is 5.62. The Hall–Kier alpha value is -0.640. The number of nitrogens with zero attached hydrogens (tertiary/aromatic N) is 2. The quantitative estimate of drug-likeness (QED) is 0.792. The number of carbonyl (C=O) groups excluding carboxylic acids is 1. The minimum absolute atomic E-state index is 0.177. The molecule has 1 aliphatic rings. The van der Waals surface area contributed by atoms with Gasteiger partial charge in [0.15, 0.2) is 5.78 Å². The molecule has 0 bridgehead atoms. The van der Waals surface area contributed by atoms with Crippen LogP contribution in [0.15, 0.2) is 10.7 Å². The predicted molar refractivity (Wildman–Crippen MR) is 61.8 cm³/mol. The third-order valence-electron chi connectivity index (χ3n) is 3.16. The Labute approximate surface area is 98.0 Å². The van der Waals surface area contributed by atoms with E-state index in [4.69, 9.17) is 0 Å². The molecule has 2 rings (SSSR count). The minimum atomic E-state index is 0.177. The molecule has 0 radical (unpaired) electrons. The molecule has 0 aliphatic heterocycles. The molecule has 4 heteroatoms. The van der Waals surface area contributed by atoms with Crippen molar-refractivity contribution in [3.05, 3.63) is 16.4 Å². The lowest BCUT2D eigenvalue weighted by Crippen LogP contribution is -2.14. The molecule has 1 aliphatic carbocycles. The fraction of sp³-hybridized carbons (Fsp3) is 0.636. The summed E-state index contributed by atoms with van der Waals surface area (Å²) in [5.74, 6) is 0.405. The van der Waals surface area contributed by atoms with Crippen LogP contribution < -0.4 is 0 Å². The van der Waals surface area contributed by atoms with Gasteiger partial charge in [-0.3, -0.25) is 9.48 Å². The van der Waals surface area contributed by atoms with Crippen molar-refractivity contribution in [2.75, 3.05) is 0 Å². The summed E-state index contributed by atoms with van der Waals surface area (Å²) in [6.45, 7) is 7.00. The Morgan fingerprint density at radius 3 is 2.80 bits per heavy atom. The van der Waals surface area contributed by atoms with Crippen LogP contribution >= 0.6 is 15.9 Å². The zero-order chi connectivity index (χ0) is 11.2. The van der Waals surface area contributed by atoms with Gasteiger partial charge in [0.1, 0.15) is 5.69 Å². The zero-order valence-corrected chi connectivity index (χ0v) is 10.8. The van der Waals surface area contributed by atoms with Gasteiger partial charge in [0.2, 0.25) is 0 Å². The van der Waals surface area contributed by atoms with E-state index >= 15 is 0 Å². The van der Waals surface area contributed by atoms with Gasteiger partial charge < -0.3 is 0 Å². The van der Waals surface area contributed by atoms with Crippen molar-refractivity contribution < 1.29 is 4.79 Å². The molecule has 3 nitrogen and oxygen atoms in total. The van der Waals surface area contributed by atoms with Crippen LogP contribution in [0.5, 0.6) is 0 Å². The second-order valence-electron chi connectivity index (χ2n) is 4.77. The standard InChI is InChI=1S/C11H15BrN2O/c1-4-14-9(8(12)6-13-14)10(15)7-5-11(7,2)3/h6-7H,4-5H2,1-3H3. The fourth-order valence-corrected chi connectivity index (χ4v) is 2.42. The van der Waals surface area contributed by atoms with E-state index in [1.807, 2.05) is 6.92 Å². The Kier molecular flexibility index (Phi) is 2.49. The Balaban J connectivity index is 2.30. The monoisotopic (exact) mass is 270 g/mol. The maximum atomic E-state index is 12.2. The molecule has 1 fully saturated rings. The van der Waals surface area contributed by atoms with Crippen LogP contribution in [-0.2, 0) is 6.54 Å². The molecular formula is C11H15BrN2O. The first-order valence-electron chi connectivity index (χ1n) is 5.23. The van der Waals surface area contributed by atoms with Crippen LogP contribution in [-0.4, -0.2) is 15.6 Å². The van der Waals surface area contributed by atoms with Gasteiger partial charge in [0.25, 0.3) is 0 Å². The molecule has 0 saturated heterocycles. The van der Waals surface area contributed by atoms with E-state index in [0.717, 1.165) is 23.1 Å². The molecule has 0 spiro atoms. The number of aromatic nitrogens is 2. The minimum Gasteiger partial charge on any atom is -0.292 e. The number of rotatable bonds is 3. The first-order chi connectivity index (χ1) is 6.97. The molecule has 1 atom stereocenters. The summed E-state index contributed by atoms with van der Waals surface area (Å²) >= 11 is 3.39. The highest BCUT2D eigenvalue weighted by atomic mass is 79.9. The highest BCUT2D eigenvalue weighted by Gasteiger charge is 2.51. The molecule has 82 valence electrons. The largest absolute Gasteiger partial charge is 0.292 e. The number of hydrogen-bond acceptors (Lipinski definition) is 2. The molecule has 1 unspecified atom stereocenters. The Bertz CT molecular complexity index is 409. The molecule has 0 amide bonds. The normalized spacial score (nSPS) is 22.8. The average molecular weight is 271 g/mol. The molecule has 1 heterocycles. The van der Waals surface area contributed by atoms with Gasteiger partial charge in [0.05, 0.1) is 10.7 Å². The van der Waals surface area contributed by atoms with Crippen molar-refractivity contribution in [3.8, 4) is 0 Å². The van der Waals surface area contributed by atoms with Gasteiger partial charge in [-0.15, -0.1) is 0 Å². The third kappa shape index (κ3) is 1.75. The molecular weight excluding hydrogens is 256 g/mol. The van der Waals surface area contributed by atoms with Crippen molar-refractivity contribution in [2.45, 2.75) is 33.7 Å². The number of halogens is 1. The molecule has 0 N–H and O–H groups in total. The number of ketones is 1. The van der Waals surface area contributed by atoms with Crippen LogP contribution in [0.4, 0.5) is 0 Å². The van der Waals surface area contributed by atoms with Crippen molar-refractivity contribution >= 4 is 21.7 Å². The van der Waals surface area contributed by atoms with Crippen molar-refractivity contribution in [3.63, 3.8) is 0 Å². The van der Waals surface area contributed by atoms with Gasteiger partial charge in [0, 0.05) is 12.5 Å². The van der Waals surface area contributed by atoms with Crippen LogP contribution in [0.1, 0.15) is 37.7 Å². The summed E-state index contributed by atoms with van der Waals surface area (Å²) < 4.78 is 2.58. The van der Waals surface area contributed by atoms with Crippen molar-refractivity contribution in [1.82, 2.24) is 9.78 Å². The van der Waals surface area contributed by atoms with Crippen LogP contribution in [0.2, 0.25) is 0 Å². The van der Waals surface area contributed by atoms with Gasteiger partial charge >= 0.3 is 0 Å². The lowest BCUT2D eigenvalue weighted by atomic mass is 10.1. The summed E-state index contributed by atoms with van der Waals surface area (Å²) in [6, 6.07) is 0. The van der Waals surface area contributed by atoms with E-state index in [0.29, 0.717) is 0 Å². The lowest BCUT2D eigenvalue weighted by Gasteiger charge is -2.05. The Morgan fingerprint density at radius 2 is 2.33 bits per heavy atom. The molecule has 1 aromatic rings. The summed E-state index contributed by atoms with van der Waals surface area (Å²) in [4.78, 5) is 12.2. The summed E-state index contributed by atoms with van der Waals surface area (Å²) in [6.07, 6.45) is 2.69. The van der Waals surface area contributed by atoms with Gasteiger partial charge in [-0.25, -0.2) is 0 Å². The van der Waals surface area contributed by atoms with E-state index in [1.54, 1.807) is 10.9 Å². The summed E-state index contributed by atoms with van der Waals surface area (Å²) in [5.41, 5.74) is 0.910. The first kappa shape index (κ1) is 10.9. The molecule has 1 saturated carbocycles. The van der Waals surface area contributed by atoms with Crippen LogP contribution in [0.3, 0.4) is 0 Å². The van der Waals surface area contributed by atoms with Crippen molar-refractivity contribution in [1.29, 1.82) is 0 Å². The zero-order valence-electron chi connectivity index (χ0n) is 9.25. The van der Waals surface area contributed by atoms with Gasteiger partial charge in [-0.05, 0) is 34.7 Å². The summed E-state index contributed by atoms with van der Waals surface area (Å²) in [5, 5.41) is 4.16. The van der Waals surface area contributed by atoms with Crippen LogP contribution in [0.25, 0.3) is 0 Å². The van der Waals surface area contributed by atoms with E-state index in [1.165, 1.54) is 0 Å². The summed E-state index contributed by atoms with van der Waals surface area (Å²) in [7, 11) is 0. The fourth-order valence-electron chi connectivity index (χ4n) is 1.93. The highest BCUT2D eigenvalue weighted by Crippen LogP contribution is 2.53. The van der Waals surface area contributed by atoms with Gasteiger partial charge in [-0.2, -0.15) is 5.10 Å². The van der Waals surface area contributed by atoms with Crippen molar-refractivity contribution in [2.24, 2.45) is 11.3 Å². The SMILES string of the molecule is CCn1ncc(Br)c1C(=O)C1CC1(C)C. The van der Waals surface area contributed by atoms with Gasteiger partial charge in [-0.1, -0.05) is 13.8 Å². The van der Waals surface area contributed by atoms with E-state index in [-0.39, 0.29) is 17.1 Å². The number of hydrogen-bond donors (Lipinski definition) is 0. The van der Waals surface area contributed by atoms with Crippen LogP contribution in [0, 0.1) is 11.3 Å². The third-order valence-corrected chi connectivity index (χ3v) is 3.74. The lowest BCUT2D eigenvalue weighted by molar-refractivity contribution is 0.0942. The molecule has 0 aromatic carbocycles. The average Bonchev–Trinajstić information content (AvgIpc) is 2.65. The number of aryl methyl sites for hydroxylation is 1. The predicted octanol–water partition coefficient (Wildman–Crippen LogP) is 2.89. The van der Waals surface area contributed by atoms with E-state index < -0.39 is 0 Å². The van der Waals surface area contributed by atoms with E-state index in [2.05, 4.69) is 34.9 Å². The topological polar surface area (TPSA) is 34.9 Å². The molecule has 1 aromatic heterocycles. The van der Waals surface area contributed by atoms with E-state index in [9.17, 15) is 4.79 Å². The number of Topliss-reactive ketones (excluding diaryl/α,β-unsaturated/α-hetero) is 1. The maximum Gasteiger partial charge on any atom is 0.185 e. The highest BCUT2D eigenvalue weighted by molar-refractivity contribution is 9.10. The second kappa shape index (κ2) is 3.44. The molecule has 15 heavy (non-hydrogen) atoms. The first-order valence-corrected chi connectivity index (χ1v) is 6.02. The smallest absolute Gasteiger partial charge is 0.185 e. The Morgan fingerprint density at radius 1 is 1.73 bits per heavy atom.